The first-order valence-electron chi connectivity index (χ1n) is 19.8. The van der Waals surface area contributed by atoms with Crippen LogP contribution in [0, 0.1) is 5.92 Å². The van der Waals surface area contributed by atoms with E-state index in [4.69, 9.17) is 16.6 Å². The van der Waals surface area contributed by atoms with Gasteiger partial charge in [0.1, 0.15) is 54.6 Å². The average molecular weight is 897 g/mol. The average Bonchev–Trinajstić information content (AvgIpc) is 3.21. The number of nitrogens with two attached hydrogens (primary N) is 2. The van der Waals surface area contributed by atoms with E-state index in [-0.39, 0.29) is 25.1 Å². The van der Waals surface area contributed by atoms with Gasteiger partial charge < -0.3 is 79.5 Å². The van der Waals surface area contributed by atoms with E-state index in [1.54, 1.807) is 0 Å². The van der Waals surface area contributed by atoms with Gasteiger partial charge in [0.15, 0.2) is 0 Å². The Morgan fingerprint density at radius 3 is 1.71 bits per heavy atom. The highest BCUT2D eigenvalue weighted by Gasteiger charge is 2.34. The summed E-state index contributed by atoms with van der Waals surface area (Å²) in [7, 11) is 0. The van der Waals surface area contributed by atoms with Crippen molar-refractivity contribution in [2.75, 3.05) is 26.2 Å². The van der Waals surface area contributed by atoms with Crippen LogP contribution in [0.3, 0.4) is 0 Å². The Morgan fingerprint density at radius 1 is 0.619 bits per heavy atom. The van der Waals surface area contributed by atoms with Crippen LogP contribution in [-0.4, -0.2) is 159 Å². The van der Waals surface area contributed by atoms with Crippen LogP contribution in [0.5, 0.6) is 5.75 Å². The summed E-state index contributed by atoms with van der Waals surface area (Å²) in [6, 6.07) is -5.04. The lowest BCUT2D eigenvalue weighted by molar-refractivity contribution is -0.142. The smallest absolute Gasteiger partial charge is 0.322 e. The maximum Gasteiger partial charge on any atom is 0.322 e. The Morgan fingerprint density at radius 2 is 1.17 bits per heavy atom. The Hall–Kier alpha value is -6.44. The first kappa shape index (κ1) is 54.6. The van der Waals surface area contributed by atoms with Gasteiger partial charge in [0.05, 0.1) is 25.7 Å². The normalized spacial score (nSPS) is 14.7. The monoisotopic (exact) mass is 896 g/mol. The quantitative estimate of drug-likeness (QED) is 0.0348. The third kappa shape index (κ3) is 20.3. The number of nitrogens with one attached hydrogen (secondary N) is 8. The number of rotatable bonds is 28. The summed E-state index contributed by atoms with van der Waals surface area (Å²) in [5.74, 6) is -11.5. The first-order valence-corrected chi connectivity index (χ1v) is 19.8. The lowest BCUT2D eigenvalue weighted by Crippen LogP contribution is -2.61. The molecule has 25 heteroatoms. The zero-order chi connectivity index (χ0) is 48.0. The second-order valence-corrected chi connectivity index (χ2v) is 14.8. The van der Waals surface area contributed by atoms with Crippen LogP contribution in [0.4, 0.5) is 0 Å². The lowest BCUT2D eigenvalue weighted by Gasteiger charge is -2.27. The van der Waals surface area contributed by atoms with Gasteiger partial charge in [0, 0.05) is 6.42 Å². The molecule has 0 saturated carbocycles. The van der Waals surface area contributed by atoms with Crippen molar-refractivity contribution in [2.45, 2.75) is 108 Å². The second-order valence-electron chi connectivity index (χ2n) is 14.8. The highest BCUT2D eigenvalue weighted by molar-refractivity contribution is 5.98. The number of hydrogen-bond donors (Lipinski definition) is 15. The molecule has 0 heterocycles. The number of carbonyl (C=O) groups is 10. The van der Waals surface area contributed by atoms with Crippen molar-refractivity contribution >= 4 is 59.2 Å². The number of phenols is 1. The number of aliphatic hydroxyl groups is 2. The van der Waals surface area contributed by atoms with E-state index in [0.29, 0.717) is 18.4 Å². The number of carboxylic acid groups (broad SMARTS) is 2. The minimum atomic E-state index is -1.90. The molecule has 0 spiro atoms. The van der Waals surface area contributed by atoms with Crippen molar-refractivity contribution in [3.05, 3.63) is 29.8 Å². The Balaban J connectivity index is 3.13. The molecule has 25 nitrogen and oxygen atoms in total. The van der Waals surface area contributed by atoms with E-state index in [2.05, 4.69) is 42.5 Å². The fourth-order valence-corrected chi connectivity index (χ4v) is 5.45. The summed E-state index contributed by atoms with van der Waals surface area (Å²) in [4.78, 5) is 127. The summed E-state index contributed by atoms with van der Waals surface area (Å²) in [5.41, 5.74) is 11.5. The third-order valence-electron chi connectivity index (χ3n) is 9.09. The number of aliphatic hydroxyl groups excluding tert-OH is 2. The highest BCUT2D eigenvalue weighted by atomic mass is 16.4. The first-order chi connectivity index (χ1) is 29.5. The fraction of sp³-hybridized carbons (Fsp3) is 0.579. The van der Waals surface area contributed by atoms with Gasteiger partial charge in [0.25, 0.3) is 0 Å². The molecule has 0 aromatic heterocycles. The topological polar surface area (TPSA) is 420 Å². The number of amides is 8. The molecule has 63 heavy (non-hydrogen) atoms. The molecular weight excluding hydrogens is 836 g/mol. The van der Waals surface area contributed by atoms with Gasteiger partial charge in [-0.1, -0.05) is 26.0 Å². The van der Waals surface area contributed by atoms with Gasteiger partial charge in [-0.05, 0) is 63.3 Å². The number of aromatic hydroxyl groups is 1. The summed E-state index contributed by atoms with van der Waals surface area (Å²) >= 11 is 0. The molecule has 352 valence electrons. The predicted octanol–water partition coefficient (Wildman–Crippen LogP) is -5.86. The second kappa shape index (κ2) is 27.5. The Kier molecular flexibility index (Phi) is 23.8. The molecule has 0 aliphatic heterocycles. The molecular formula is C38H60N10O15. The van der Waals surface area contributed by atoms with Gasteiger partial charge in [-0.2, -0.15) is 0 Å². The Labute approximate surface area is 362 Å². The van der Waals surface area contributed by atoms with Crippen molar-refractivity contribution in [1.82, 2.24) is 42.5 Å². The number of carbonyl (C=O) groups excluding carboxylic acids is 8. The molecule has 0 unspecified atom stereocenters. The van der Waals surface area contributed by atoms with E-state index in [1.807, 2.05) is 0 Å². The van der Waals surface area contributed by atoms with Crippen LogP contribution in [0.25, 0.3) is 0 Å². The fourth-order valence-electron chi connectivity index (χ4n) is 5.45. The molecule has 0 bridgehead atoms. The maximum atomic E-state index is 13.4. The van der Waals surface area contributed by atoms with Crippen LogP contribution in [-0.2, 0) is 54.4 Å². The number of hydrogen-bond acceptors (Lipinski definition) is 15. The van der Waals surface area contributed by atoms with Crippen LogP contribution in [0.2, 0.25) is 0 Å². The van der Waals surface area contributed by atoms with Crippen molar-refractivity contribution in [3.63, 3.8) is 0 Å². The molecule has 8 amide bonds. The molecule has 1 rings (SSSR count). The largest absolute Gasteiger partial charge is 0.508 e. The van der Waals surface area contributed by atoms with Crippen molar-refractivity contribution < 1.29 is 73.5 Å². The number of phenolic OH excluding ortho intramolecular Hbond substituents is 1. The molecule has 8 atom stereocenters. The van der Waals surface area contributed by atoms with Gasteiger partial charge >= 0.3 is 11.9 Å². The molecule has 1 aromatic rings. The number of aliphatic carboxylic acids is 2. The lowest BCUT2D eigenvalue weighted by atomic mass is 10.0. The standard InChI is InChI=1S/C38H60N10O15/c1-18(2)31(38(63)45-23(7-5-6-12-39)33(58)42-16-29(55)56)48-36(61)26(17-49)47-35(60)25(14-28(53)54)46-32(57)19(3)43-34(59)24(13-21-8-10-22(51)11-9-21)44-27(52)15-41-37(62)30(40)20(4)50/h8-11,18-20,23-26,30-31,49-51H,5-7,12-17,39-40H2,1-4H3,(H,41,62)(H,42,58)(H,43,59)(H,44,52)(H,45,63)(H,46,57)(H,47,60)(H,48,61)(H,53,54)(H,55,56)/t19-,20+,23-,24-,25-,26-,30-,31-/m0/s1. The SMILES string of the molecule is CC(C)[C@H](NC(=O)[C@H](CO)NC(=O)[C@H](CC(=O)O)NC(=O)[C@H](C)NC(=O)[C@H](Cc1ccc(O)cc1)NC(=O)CNC(=O)[C@@H](N)[C@@H](C)O)C(=O)N[C@@H](CCCCN)C(=O)NCC(=O)O. The number of benzene rings is 1. The van der Waals surface area contributed by atoms with Crippen molar-refractivity contribution in [3.8, 4) is 5.75 Å². The van der Waals surface area contributed by atoms with Gasteiger partial charge in [-0.25, -0.2) is 0 Å². The summed E-state index contributed by atoms with van der Waals surface area (Å²) in [5, 5.41) is 65.9. The summed E-state index contributed by atoms with van der Waals surface area (Å²) in [6.07, 6.45) is -1.55. The maximum absolute atomic E-state index is 13.4. The van der Waals surface area contributed by atoms with Gasteiger partial charge in [-0.3, -0.25) is 47.9 Å². The zero-order valence-corrected chi connectivity index (χ0v) is 35.3. The van der Waals surface area contributed by atoms with E-state index in [0.717, 1.165) is 0 Å². The van der Waals surface area contributed by atoms with E-state index < -0.39 is 140 Å². The van der Waals surface area contributed by atoms with E-state index in [9.17, 15) is 68.4 Å². The van der Waals surface area contributed by atoms with Crippen molar-refractivity contribution in [1.29, 1.82) is 0 Å². The van der Waals surface area contributed by atoms with E-state index in [1.165, 1.54) is 52.0 Å². The van der Waals surface area contributed by atoms with Crippen LogP contribution in [0.15, 0.2) is 24.3 Å². The minimum absolute atomic E-state index is 0.0709. The predicted molar refractivity (Wildman–Crippen MR) is 219 cm³/mol. The van der Waals surface area contributed by atoms with E-state index >= 15 is 0 Å². The summed E-state index contributed by atoms with van der Waals surface area (Å²) in [6.45, 7) is 3.31. The molecule has 17 N–H and O–H groups in total. The van der Waals surface area contributed by atoms with Gasteiger partial charge in [0.2, 0.25) is 47.3 Å². The molecule has 0 aliphatic carbocycles. The third-order valence-corrected chi connectivity index (χ3v) is 9.09. The minimum Gasteiger partial charge on any atom is -0.508 e. The molecule has 1 aromatic carbocycles. The molecule has 0 aliphatic rings. The molecule has 0 radical (unpaired) electrons. The zero-order valence-electron chi connectivity index (χ0n) is 35.3. The number of unbranched alkanes of at least 4 members (excludes halogenated alkanes) is 1. The molecule has 0 fully saturated rings. The van der Waals surface area contributed by atoms with Gasteiger partial charge in [-0.15, -0.1) is 0 Å². The Bertz CT molecular complexity index is 1760. The van der Waals surface area contributed by atoms with Crippen molar-refractivity contribution in [2.24, 2.45) is 17.4 Å². The molecule has 0 saturated heterocycles. The number of carboxylic acids is 2. The van der Waals surface area contributed by atoms with Crippen LogP contribution >= 0.6 is 0 Å². The van der Waals surface area contributed by atoms with Crippen LogP contribution in [0.1, 0.15) is 58.9 Å². The van der Waals surface area contributed by atoms with Crippen LogP contribution < -0.4 is 54.0 Å². The highest BCUT2D eigenvalue weighted by Crippen LogP contribution is 2.12. The summed E-state index contributed by atoms with van der Waals surface area (Å²) < 4.78 is 0.